The number of nitrogens with zero attached hydrogens (tertiary/aromatic N) is 2. The van der Waals surface area contributed by atoms with Crippen LogP contribution in [0.2, 0.25) is 0 Å². The molecular weight excluding hydrogens is 387 g/mol. The Morgan fingerprint density at radius 2 is 2.33 bits per heavy atom. The molecule has 4 aliphatic rings. The standard InChI is InChI=1S/C17H27N4O4PS/c1-3-24-16(22)10(2)20-9-25-13-8-11-6-4-5-7-12(11)14-15(13)27-17(18)21(14)19-26(20)23/h10-11,17,26H,3-9,18H2,1-2H3,(H,19,23)/t10-,11?,17?/m0/s1. The predicted octanol–water partition coefficient (Wildman–Crippen LogP) is 2.47. The van der Waals surface area contributed by atoms with Gasteiger partial charge in [0.05, 0.1) is 17.2 Å². The van der Waals surface area contributed by atoms with E-state index in [0.29, 0.717) is 5.92 Å². The molecule has 4 atom stereocenters. The number of hydrogen-bond donors (Lipinski definition) is 2. The van der Waals surface area contributed by atoms with Crippen LogP contribution in [-0.4, -0.2) is 40.5 Å². The summed E-state index contributed by atoms with van der Waals surface area (Å²) >= 11 is 1.55. The van der Waals surface area contributed by atoms with Crippen LogP contribution in [0, 0.1) is 5.92 Å². The molecule has 150 valence electrons. The van der Waals surface area contributed by atoms with Crippen LogP contribution in [0.1, 0.15) is 46.0 Å². The van der Waals surface area contributed by atoms with E-state index >= 15 is 0 Å². The molecule has 1 saturated heterocycles. The SMILES string of the molecule is CCOC(=O)[C@H](C)N1COC2=C3SC(N)N(N[PH]1=O)C3=C1CCCCC1C2. The van der Waals surface area contributed by atoms with Gasteiger partial charge in [0.2, 0.25) is 8.10 Å². The molecule has 4 bridgehead atoms. The monoisotopic (exact) mass is 414 g/mol. The fraction of sp³-hybridized carbons (Fsp3) is 0.706. The number of rotatable bonds is 3. The van der Waals surface area contributed by atoms with Crippen LogP contribution in [0.15, 0.2) is 21.9 Å². The fourth-order valence-corrected chi connectivity index (χ4v) is 6.64. The van der Waals surface area contributed by atoms with E-state index in [4.69, 9.17) is 15.2 Å². The van der Waals surface area contributed by atoms with Gasteiger partial charge in [0.25, 0.3) is 0 Å². The summed E-state index contributed by atoms with van der Waals surface area (Å²) in [5.41, 5.74) is 8.44. The van der Waals surface area contributed by atoms with Crippen LogP contribution in [0.4, 0.5) is 0 Å². The third-order valence-electron chi connectivity index (χ3n) is 5.63. The number of nitrogens with one attached hydrogen (secondary N) is 1. The van der Waals surface area contributed by atoms with Gasteiger partial charge in [-0.25, -0.2) is 0 Å². The number of esters is 1. The zero-order chi connectivity index (χ0) is 19.1. The fourth-order valence-electron chi connectivity index (χ4n) is 4.20. The second-order valence-electron chi connectivity index (χ2n) is 7.24. The van der Waals surface area contributed by atoms with E-state index in [2.05, 4.69) is 5.20 Å². The van der Waals surface area contributed by atoms with Gasteiger partial charge in [0, 0.05) is 6.42 Å². The number of ether oxygens (including phenoxy) is 2. The van der Waals surface area contributed by atoms with E-state index in [1.165, 1.54) is 18.4 Å². The Morgan fingerprint density at radius 3 is 3.11 bits per heavy atom. The van der Waals surface area contributed by atoms with Crippen LogP contribution >= 0.6 is 19.9 Å². The number of hydrazine groups is 1. The molecule has 3 unspecified atom stereocenters. The van der Waals surface area contributed by atoms with Crippen molar-refractivity contribution in [3.63, 3.8) is 0 Å². The Morgan fingerprint density at radius 1 is 1.52 bits per heavy atom. The second kappa shape index (κ2) is 7.79. The van der Waals surface area contributed by atoms with Gasteiger partial charge in [0.1, 0.15) is 24.0 Å². The number of fused-ring (bicyclic) bond motifs is 1. The largest absolute Gasteiger partial charge is 0.481 e. The molecule has 8 nitrogen and oxygen atoms in total. The molecule has 2 aliphatic carbocycles. The van der Waals surface area contributed by atoms with Gasteiger partial charge in [0.15, 0.2) is 0 Å². The van der Waals surface area contributed by atoms with Crippen molar-refractivity contribution in [1.29, 1.82) is 0 Å². The first-order valence-corrected chi connectivity index (χ1v) is 11.8. The van der Waals surface area contributed by atoms with Crippen molar-refractivity contribution in [2.75, 3.05) is 13.3 Å². The first-order valence-electron chi connectivity index (χ1n) is 9.56. The van der Waals surface area contributed by atoms with E-state index in [9.17, 15) is 9.36 Å². The number of allylic oxidation sites excluding steroid dienone is 2. The van der Waals surface area contributed by atoms with Crippen molar-refractivity contribution in [3.05, 3.63) is 21.9 Å². The molecule has 27 heavy (non-hydrogen) atoms. The molecule has 4 rings (SSSR count). The number of hydrogen-bond acceptors (Lipinski definition) is 7. The molecule has 2 aliphatic heterocycles. The summed E-state index contributed by atoms with van der Waals surface area (Å²) in [7, 11) is -2.54. The van der Waals surface area contributed by atoms with E-state index in [1.54, 1.807) is 30.3 Å². The van der Waals surface area contributed by atoms with Crippen LogP contribution < -0.4 is 10.9 Å². The molecule has 2 fully saturated rings. The topological polar surface area (TPSA) is 97.1 Å². The molecule has 0 spiro atoms. The summed E-state index contributed by atoms with van der Waals surface area (Å²) in [5, 5.41) is 4.94. The zero-order valence-corrected chi connectivity index (χ0v) is 17.5. The first-order chi connectivity index (χ1) is 13.0. The average molecular weight is 414 g/mol. The summed E-state index contributed by atoms with van der Waals surface area (Å²) in [5.74, 6) is 0.956. The second-order valence-corrected chi connectivity index (χ2v) is 9.77. The van der Waals surface area contributed by atoms with E-state index in [1.807, 2.05) is 5.01 Å². The zero-order valence-electron chi connectivity index (χ0n) is 15.7. The smallest absolute Gasteiger partial charge is 0.323 e. The van der Waals surface area contributed by atoms with Crippen LogP contribution in [0.25, 0.3) is 0 Å². The lowest BCUT2D eigenvalue weighted by Gasteiger charge is -2.34. The van der Waals surface area contributed by atoms with Crippen molar-refractivity contribution in [2.24, 2.45) is 11.7 Å². The molecular formula is C17H27N4O4PS. The highest BCUT2D eigenvalue weighted by molar-refractivity contribution is 8.04. The summed E-state index contributed by atoms with van der Waals surface area (Å²) in [6, 6.07) is -0.670. The number of carbonyl (C=O) groups is 1. The maximum Gasteiger partial charge on any atom is 0.323 e. The lowest BCUT2D eigenvalue weighted by Crippen LogP contribution is -2.45. The van der Waals surface area contributed by atoms with Crippen molar-refractivity contribution >= 4 is 25.8 Å². The van der Waals surface area contributed by atoms with E-state index < -0.39 is 20.1 Å². The van der Waals surface area contributed by atoms with Gasteiger partial charge in [-0.05, 0) is 44.6 Å². The van der Waals surface area contributed by atoms with Crippen LogP contribution in [0.3, 0.4) is 0 Å². The Bertz CT molecular complexity index is 728. The molecule has 0 aromatic carbocycles. The molecule has 0 radical (unpaired) electrons. The minimum absolute atomic E-state index is 0.0859. The summed E-state index contributed by atoms with van der Waals surface area (Å²) in [4.78, 5) is 13.3. The van der Waals surface area contributed by atoms with Gasteiger partial charge in [-0.15, -0.1) is 0 Å². The maximum absolute atomic E-state index is 13.1. The Hall–Kier alpha value is -0.990. The summed E-state index contributed by atoms with van der Waals surface area (Å²) in [6.07, 6.45) is 5.44. The predicted molar refractivity (Wildman–Crippen MR) is 104 cm³/mol. The van der Waals surface area contributed by atoms with Gasteiger partial charge >= 0.3 is 5.97 Å². The summed E-state index contributed by atoms with van der Waals surface area (Å²) < 4.78 is 25.9. The molecule has 2 heterocycles. The minimum atomic E-state index is -2.54. The van der Waals surface area contributed by atoms with E-state index in [0.717, 1.165) is 35.6 Å². The lowest BCUT2D eigenvalue weighted by molar-refractivity contribution is -0.148. The minimum Gasteiger partial charge on any atom is -0.481 e. The number of thioether (sulfide) groups is 1. The Balaban J connectivity index is 1.69. The van der Waals surface area contributed by atoms with E-state index in [-0.39, 0.29) is 18.8 Å². The quantitative estimate of drug-likeness (QED) is 0.533. The molecule has 0 amide bonds. The number of nitrogens with two attached hydrogens (primary N) is 1. The van der Waals surface area contributed by atoms with Gasteiger partial charge in [-0.2, -0.15) is 9.87 Å². The normalized spacial score (nSPS) is 32.3. The lowest BCUT2D eigenvalue weighted by atomic mass is 9.78. The third kappa shape index (κ3) is 3.44. The van der Waals surface area contributed by atoms with Crippen molar-refractivity contribution in [2.45, 2.75) is 57.5 Å². The van der Waals surface area contributed by atoms with Crippen LogP contribution in [0.5, 0.6) is 0 Å². The molecule has 0 aromatic heterocycles. The van der Waals surface area contributed by atoms with Crippen LogP contribution in [-0.2, 0) is 18.8 Å². The van der Waals surface area contributed by atoms with Gasteiger partial charge in [-0.3, -0.25) is 14.4 Å². The van der Waals surface area contributed by atoms with Gasteiger partial charge < -0.3 is 15.2 Å². The average Bonchev–Trinajstić information content (AvgIpc) is 2.99. The number of carbonyl (C=O) groups excluding carboxylic acids is 1. The highest BCUT2D eigenvalue weighted by atomic mass is 32.2. The Kier molecular flexibility index (Phi) is 5.58. The van der Waals surface area contributed by atoms with Crippen molar-refractivity contribution < 1.29 is 18.8 Å². The highest BCUT2D eigenvalue weighted by Crippen LogP contribution is 2.53. The maximum atomic E-state index is 13.1. The van der Waals surface area contributed by atoms with Crippen molar-refractivity contribution in [1.82, 2.24) is 14.9 Å². The molecule has 0 aromatic rings. The molecule has 10 heteroatoms. The summed E-state index contributed by atoms with van der Waals surface area (Å²) in [6.45, 7) is 3.82. The third-order valence-corrected chi connectivity index (χ3v) is 8.21. The van der Waals surface area contributed by atoms with Crippen molar-refractivity contribution in [3.8, 4) is 0 Å². The molecule has 1 saturated carbocycles. The Labute approximate surface area is 164 Å². The van der Waals surface area contributed by atoms with Gasteiger partial charge in [-0.1, -0.05) is 18.2 Å². The highest BCUT2D eigenvalue weighted by Gasteiger charge is 2.44. The molecule has 3 N–H and O–H groups in total. The first kappa shape index (κ1) is 19.3.